The Morgan fingerprint density at radius 3 is 2.65 bits per heavy atom. The van der Waals surface area contributed by atoms with Crippen molar-refractivity contribution < 1.29 is 5.11 Å². The molecule has 7 nitrogen and oxygen atoms in total. The van der Waals surface area contributed by atoms with Crippen molar-refractivity contribution in [3.05, 3.63) is 56.2 Å². The van der Waals surface area contributed by atoms with Crippen LogP contribution in [0.25, 0.3) is 0 Å². The van der Waals surface area contributed by atoms with Gasteiger partial charge in [-0.2, -0.15) is 0 Å². The fourth-order valence-electron chi connectivity index (χ4n) is 2.19. The summed E-state index contributed by atoms with van der Waals surface area (Å²) >= 11 is 5.05. The van der Waals surface area contributed by atoms with Crippen LogP contribution < -0.4 is 21.9 Å². The maximum atomic E-state index is 12.0. The van der Waals surface area contributed by atoms with E-state index in [2.05, 4.69) is 20.6 Å². The molecule has 0 radical (unpaired) electrons. The van der Waals surface area contributed by atoms with Crippen LogP contribution >= 0.6 is 12.2 Å². The van der Waals surface area contributed by atoms with E-state index in [1.807, 2.05) is 0 Å². The van der Waals surface area contributed by atoms with Gasteiger partial charge in [-0.05, 0) is 18.3 Å². The van der Waals surface area contributed by atoms with Crippen molar-refractivity contribution in [2.24, 2.45) is 0 Å². The minimum absolute atomic E-state index is 0.0336. The lowest BCUT2D eigenvalue weighted by molar-refractivity contribution is 0.462. The zero-order valence-electron chi connectivity index (χ0n) is 10.1. The van der Waals surface area contributed by atoms with Gasteiger partial charge in [0, 0.05) is 5.56 Å². The summed E-state index contributed by atoms with van der Waals surface area (Å²) in [6.07, 6.45) is 0. The van der Waals surface area contributed by atoms with E-state index >= 15 is 0 Å². The van der Waals surface area contributed by atoms with E-state index < -0.39 is 17.3 Å². The summed E-state index contributed by atoms with van der Waals surface area (Å²) in [4.78, 5) is 28.0. The SMILES string of the molecule is O=c1[nH]c2c(c(=O)[nH]1)C(c1ccccc1O)NC(=S)N2. The Morgan fingerprint density at radius 2 is 1.90 bits per heavy atom. The molecule has 0 saturated heterocycles. The van der Waals surface area contributed by atoms with Gasteiger partial charge in [0.25, 0.3) is 5.56 Å². The minimum Gasteiger partial charge on any atom is -0.508 e. The lowest BCUT2D eigenvalue weighted by Crippen LogP contribution is -2.44. The minimum atomic E-state index is -0.638. The molecule has 1 aromatic carbocycles. The maximum absolute atomic E-state index is 12.0. The standard InChI is InChI=1S/C12H10N4O3S/c17-6-4-2-1-3-5(6)8-7-9(15-12(20)13-8)14-11(19)16-10(7)18/h1-4,8,17H,(H4,13,14,15,16,18,19,20). The van der Waals surface area contributed by atoms with Gasteiger partial charge in [-0.3, -0.25) is 14.8 Å². The van der Waals surface area contributed by atoms with Gasteiger partial charge in [0.15, 0.2) is 5.11 Å². The topological polar surface area (TPSA) is 110 Å². The number of hydrogen-bond acceptors (Lipinski definition) is 4. The lowest BCUT2D eigenvalue weighted by Gasteiger charge is -2.28. The Bertz CT molecular complexity index is 811. The second-order valence-electron chi connectivity index (χ2n) is 4.29. The molecule has 0 saturated carbocycles. The monoisotopic (exact) mass is 290 g/mol. The molecule has 0 amide bonds. The highest BCUT2D eigenvalue weighted by Crippen LogP contribution is 2.31. The van der Waals surface area contributed by atoms with Crippen molar-refractivity contribution >= 4 is 23.1 Å². The van der Waals surface area contributed by atoms with Gasteiger partial charge < -0.3 is 15.7 Å². The van der Waals surface area contributed by atoms with Gasteiger partial charge in [0.1, 0.15) is 11.6 Å². The summed E-state index contributed by atoms with van der Waals surface area (Å²) in [5, 5.41) is 15.8. The Hall–Kier alpha value is -2.61. The molecule has 5 N–H and O–H groups in total. The van der Waals surface area contributed by atoms with E-state index in [1.54, 1.807) is 18.2 Å². The number of phenols is 1. The van der Waals surface area contributed by atoms with Gasteiger partial charge in [0.05, 0.1) is 11.6 Å². The molecule has 8 heteroatoms. The van der Waals surface area contributed by atoms with Crippen molar-refractivity contribution in [1.29, 1.82) is 0 Å². The highest BCUT2D eigenvalue weighted by Gasteiger charge is 2.29. The van der Waals surface area contributed by atoms with Crippen LogP contribution in [0, 0.1) is 0 Å². The number of nitrogens with one attached hydrogen (secondary N) is 4. The molecule has 1 aliphatic heterocycles. The largest absolute Gasteiger partial charge is 0.508 e. The number of fused-ring (bicyclic) bond motifs is 1. The molecular weight excluding hydrogens is 280 g/mol. The zero-order valence-corrected chi connectivity index (χ0v) is 10.9. The van der Waals surface area contributed by atoms with Crippen LogP contribution in [0.1, 0.15) is 17.2 Å². The third-order valence-corrected chi connectivity index (χ3v) is 3.25. The number of phenolic OH excluding ortho intramolecular Hbond substituents is 1. The normalized spacial score (nSPS) is 17.0. The molecular formula is C12H10N4O3S. The van der Waals surface area contributed by atoms with Crippen molar-refractivity contribution in [2.75, 3.05) is 5.32 Å². The lowest BCUT2D eigenvalue weighted by atomic mass is 9.98. The number of aromatic nitrogens is 2. The number of benzene rings is 1. The van der Waals surface area contributed by atoms with Crippen molar-refractivity contribution in [2.45, 2.75) is 6.04 Å². The Morgan fingerprint density at radius 1 is 1.15 bits per heavy atom. The summed E-state index contributed by atoms with van der Waals surface area (Å²) < 4.78 is 0. The third kappa shape index (κ3) is 1.95. The van der Waals surface area contributed by atoms with E-state index in [1.165, 1.54) is 6.07 Å². The van der Waals surface area contributed by atoms with Crippen LogP contribution in [0.5, 0.6) is 5.75 Å². The molecule has 0 aliphatic carbocycles. The van der Waals surface area contributed by atoms with Gasteiger partial charge in [0.2, 0.25) is 0 Å². The fourth-order valence-corrected chi connectivity index (χ4v) is 2.41. The first-order valence-electron chi connectivity index (χ1n) is 5.78. The second-order valence-corrected chi connectivity index (χ2v) is 4.70. The molecule has 1 aromatic heterocycles. The quantitative estimate of drug-likeness (QED) is 0.479. The third-order valence-electron chi connectivity index (χ3n) is 3.03. The molecule has 1 atom stereocenters. The van der Waals surface area contributed by atoms with Gasteiger partial charge in [-0.15, -0.1) is 0 Å². The van der Waals surface area contributed by atoms with E-state index in [-0.39, 0.29) is 22.2 Å². The van der Waals surface area contributed by atoms with Crippen LogP contribution in [0.3, 0.4) is 0 Å². The molecule has 0 bridgehead atoms. The van der Waals surface area contributed by atoms with Crippen LogP contribution in [-0.4, -0.2) is 20.2 Å². The number of aromatic amines is 2. The number of rotatable bonds is 1. The number of H-pyrrole nitrogens is 2. The van der Waals surface area contributed by atoms with Gasteiger partial charge >= 0.3 is 5.69 Å². The number of thiocarbonyl (C=S) groups is 1. The first kappa shape index (κ1) is 12.4. The molecule has 3 rings (SSSR count). The molecule has 0 fully saturated rings. The predicted octanol–water partition coefficient (Wildman–Crippen LogP) is 0.158. The molecule has 0 spiro atoms. The van der Waals surface area contributed by atoms with Crippen molar-refractivity contribution in [3.8, 4) is 5.75 Å². The van der Waals surface area contributed by atoms with Crippen LogP contribution in [0.15, 0.2) is 33.9 Å². The summed E-state index contributed by atoms with van der Waals surface area (Å²) in [7, 11) is 0. The summed E-state index contributed by atoms with van der Waals surface area (Å²) in [6, 6.07) is 5.97. The van der Waals surface area contributed by atoms with Crippen LogP contribution in [-0.2, 0) is 0 Å². The first-order chi connectivity index (χ1) is 9.56. The molecule has 2 aromatic rings. The number of hydrogen-bond donors (Lipinski definition) is 5. The average Bonchev–Trinajstić information content (AvgIpc) is 2.37. The van der Waals surface area contributed by atoms with Crippen LogP contribution in [0.4, 0.5) is 5.82 Å². The number of anilines is 1. The highest BCUT2D eigenvalue weighted by molar-refractivity contribution is 7.80. The average molecular weight is 290 g/mol. The van der Waals surface area contributed by atoms with E-state index in [0.29, 0.717) is 5.56 Å². The molecule has 1 unspecified atom stereocenters. The first-order valence-corrected chi connectivity index (χ1v) is 6.19. The van der Waals surface area contributed by atoms with Crippen molar-refractivity contribution in [1.82, 2.24) is 15.3 Å². The molecule has 2 heterocycles. The Labute approximate surface area is 117 Å². The number of para-hydroxylation sites is 1. The smallest absolute Gasteiger partial charge is 0.327 e. The van der Waals surface area contributed by atoms with E-state index in [9.17, 15) is 14.7 Å². The summed E-state index contributed by atoms with van der Waals surface area (Å²) in [5.41, 5.74) is -0.406. The zero-order chi connectivity index (χ0) is 14.3. The van der Waals surface area contributed by atoms with Crippen molar-refractivity contribution in [3.63, 3.8) is 0 Å². The molecule has 20 heavy (non-hydrogen) atoms. The summed E-state index contributed by atoms with van der Waals surface area (Å²) in [6.45, 7) is 0. The Balaban J connectivity index is 2.26. The predicted molar refractivity (Wildman–Crippen MR) is 77.0 cm³/mol. The van der Waals surface area contributed by atoms with Gasteiger partial charge in [-0.25, -0.2) is 4.79 Å². The Kier molecular flexibility index (Phi) is 2.79. The second kappa shape index (κ2) is 4.49. The highest BCUT2D eigenvalue weighted by atomic mass is 32.1. The number of aromatic hydroxyl groups is 1. The molecule has 102 valence electrons. The fraction of sp³-hybridized carbons (Fsp3) is 0.0833. The van der Waals surface area contributed by atoms with Crippen LogP contribution in [0.2, 0.25) is 0 Å². The molecule has 1 aliphatic rings. The van der Waals surface area contributed by atoms with Gasteiger partial charge in [-0.1, -0.05) is 18.2 Å². The van der Waals surface area contributed by atoms with E-state index in [4.69, 9.17) is 12.2 Å². The summed E-state index contributed by atoms with van der Waals surface area (Å²) in [5.74, 6) is 0.266. The van der Waals surface area contributed by atoms with E-state index in [0.717, 1.165) is 0 Å². The maximum Gasteiger partial charge on any atom is 0.327 e.